The third-order valence-corrected chi connectivity index (χ3v) is 6.87. The summed E-state index contributed by atoms with van der Waals surface area (Å²) in [5.41, 5.74) is 1.17. The summed E-state index contributed by atoms with van der Waals surface area (Å²) in [5, 5.41) is 12.6. The number of aryl methyl sites for hydroxylation is 1. The number of carbonyl (C=O) groups excluding carboxylic acids is 1. The van der Waals surface area contributed by atoms with Gasteiger partial charge in [-0.05, 0) is 37.5 Å². The van der Waals surface area contributed by atoms with Gasteiger partial charge < -0.3 is 14.6 Å². The van der Waals surface area contributed by atoms with Crippen molar-refractivity contribution in [2.75, 3.05) is 12.4 Å². The molecule has 1 atom stereocenters. The second-order valence-electron chi connectivity index (χ2n) is 7.01. The number of nitrogens with zero attached hydrogens (tertiary/aromatic N) is 3. The van der Waals surface area contributed by atoms with Crippen LogP contribution >= 0.6 is 23.1 Å². The fourth-order valence-electron chi connectivity index (χ4n) is 3.23. The molecule has 29 heavy (non-hydrogen) atoms. The molecule has 0 radical (unpaired) electrons. The molecule has 3 aromatic rings. The minimum atomic E-state index is -0.0779. The number of ether oxygens (including phenoxy) is 1. The first-order valence-corrected chi connectivity index (χ1v) is 11.5. The van der Waals surface area contributed by atoms with E-state index in [2.05, 4.69) is 32.2 Å². The molecule has 1 aromatic carbocycles. The summed E-state index contributed by atoms with van der Waals surface area (Å²) in [6.07, 6.45) is 2.51. The van der Waals surface area contributed by atoms with Gasteiger partial charge >= 0.3 is 0 Å². The first kappa shape index (κ1) is 20.1. The fraction of sp³-hybridized carbons (Fsp3) is 0.381. The highest BCUT2D eigenvalue weighted by Crippen LogP contribution is 2.24. The molecule has 1 aliphatic heterocycles. The molecule has 1 fully saturated rings. The largest absolute Gasteiger partial charge is 0.377 e. The monoisotopic (exact) mass is 428 g/mol. The zero-order valence-electron chi connectivity index (χ0n) is 16.3. The van der Waals surface area contributed by atoms with Crippen molar-refractivity contribution >= 4 is 29.0 Å². The van der Waals surface area contributed by atoms with E-state index in [4.69, 9.17) is 4.74 Å². The molecular formula is C21H24N4O2S2. The molecule has 0 aliphatic carbocycles. The number of benzene rings is 1. The molecule has 0 saturated carbocycles. The number of hydrogen-bond donors (Lipinski definition) is 1. The third kappa shape index (κ3) is 5.26. The lowest BCUT2D eigenvalue weighted by Crippen LogP contribution is -2.24. The Morgan fingerprint density at radius 3 is 2.86 bits per heavy atom. The summed E-state index contributed by atoms with van der Waals surface area (Å²) in [6.45, 7) is 3.86. The van der Waals surface area contributed by atoms with Gasteiger partial charge in [-0.15, -0.1) is 21.5 Å². The minimum absolute atomic E-state index is 0.0779. The molecular weight excluding hydrogens is 404 g/mol. The van der Waals surface area contributed by atoms with Gasteiger partial charge in [0.15, 0.2) is 11.0 Å². The van der Waals surface area contributed by atoms with Crippen LogP contribution in [0.3, 0.4) is 0 Å². The Bertz CT molecular complexity index is 949. The smallest absolute Gasteiger partial charge is 0.261 e. The molecule has 3 heterocycles. The van der Waals surface area contributed by atoms with E-state index in [1.807, 2.05) is 37.3 Å². The third-order valence-electron chi connectivity index (χ3n) is 4.77. The Kier molecular flexibility index (Phi) is 6.63. The molecule has 152 valence electrons. The van der Waals surface area contributed by atoms with Crippen molar-refractivity contribution < 1.29 is 9.53 Å². The van der Waals surface area contributed by atoms with E-state index in [1.54, 1.807) is 11.8 Å². The number of nitrogens with one attached hydrogen (secondary N) is 1. The predicted octanol–water partition coefficient (Wildman–Crippen LogP) is 3.90. The highest BCUT2D eigenvalue weighted by Gasteiger charge is 2.19. The van der Waals surface area contributed by atoms with E-state index >= 15 is 0 Å². The fourth-order valence-corrected chi connectivity index (χ4v) is 5.03. The highest BCUT2D eigenvalue weighted by molar-refractivity contribution is 7.99. The molecule has 4 rings (SSSR count). The number of thioether (sulfide) groups is 1. The lowest BCUT2D eigenvalue weighted by molar-refractivity contribution is 0.0953. The maximum atomic E-state index is 12.4. The lowest BCUT2D eigenvalue weighted by Gasteiger charge is -2.12. The zero-order chi connectivity index (χ0) is 20.1. The van der Waals surface area contributed by atoms with Crippen molar-refractivity contribution in [2.45, 2.75) is 44.1 Å². The summed E-state index contributed by atoms with van der Waals surface area (Å²) in [5.74, 6) is 1.55. The maximum Gasteiger partial charge on any atom is 0.261 e. The van der Waals surface area contributed by atoms with Crippen LogP contribution in [0.15, 0.2) is 47.6 Å². The van der Waals surface area contributed by atoms with Gasteiger partial charge in [-0.2, -0.15) is 0 Å². The number of carbonyl (C=O) groups is 1. The Hall–Kier alpha value is -2.16. The van der Waals surface area contributed by atoms with Crippen LogP contribution in [0.2, 0.25) is 0 Å². The molecule has 1 N–H and O–H groups in total. The van der Waals surface area contributed by atoms with Crippen molar-refractivity contribution in [3.63, 3.8) is 0 Å². The lowest BCUT2D eigenvalue weighted by atomic mass is 10.2. The van der Waals surface area contributed by atoms with Gasteiger partial charge in [0.2, 0.25) is 0 Å². The Labute approximate surface area is 178 Å². The van der Waals surface area contributed by atoms with Crippen molar-refractivity contribution in [2.24, 2.45) is 0 Å². The predicted molar refractivity (Wildman–Crippen MR) is 115 cm³/mol. The summed E-state index contributed by atoms with van der Waals surface area (Å²) in [4.78, 5) is 14.3. The van der Waals surface area contributed by atoms with Crippen molar-refractivity contribution in [3.05, 3.63) is 63.6 Å². The standard InChI is InChI=1S/C21H24N4O2S2/c1-15-9-10-18(29-15)20(26)22-12-19-23-24-21(28-14-17-8-5-11-27-17)25(19)13-16-6-3-2-4-7-16/h2-4,6-7,9-10,17H,5,8,11-14H2,1H3,(H,22,26)/t17-/m0/s1. The Morgan fingerprint density at radius 1 is 1.28 bits per heavy atom. The zero-order valence-corrected chi connectivity index (χ0v) is 18.0. The number of hydrogen-bond acceptors (Lipinski definition) is 6. The first-order valence-electron chi connectivity index (χ1n) is 9.74. The Morgan fingerprint density at radius 2 is 2.14 bits per heavy atom. The molecule has 0 spiro atoms. The average Bonchev–Trinajstić information content (AvgIpc) is 3.48. The molecule has 8 heteroatoms. The molecule has 2 aromatic heterocycles. The SMILES string of the molecule is Cc1ccc(C(=O)NCc2nnc(SC[C@@H]3CCCO3)n2Cc2ccccc2)s1. The first-order chi connectivity index (χ1) is 14.2. The molecule has 0 bridgehead atoms. The van der Waals surface area contributed by atoms with Crippen molar-refractivity contribution in [1.82, 2.24) is 20.1 Å². The van der Waals surface area contributed by atoms with E-state index in [0.717, 1.165) is 41.1 Å². The van der Waals surface area contributed by atoms with Gasteiger partial charge in [0.05, 0.1) is 24.1 Å². The molecule has 1 amide bonds. The normalized spacial score (nSPS) is 16.2. The maximum absolute atomic E-state index is 12.4. The summed E-state index contributed by atoms with van der Waals surface area (Å²) < 4.78 is 7.83. The second kappa shape index (κ2) is 9.56. The van der Waals surface area contributed by atoms with Crippen LogP contribution in [0, 0.1) is 6.92 Å². The van der Waals surface area contributed by atoms with Crippen LogP contribution in [0.1, 0.15) is 38.8 Å². The van der Waals surface area contributed by atoms with E-state index in [0.29, 0.717) is 18.0 Å². The van der Waals surface area contributed by atoms with Crippen LogP contribution in [0.4, 0.5) is 0 Å². The molecule has 6 nitrogen and oxygen atoms in total. The van der Waals surface area contributed by atoms with Crippen LogP contribution in [0.5, 0.6) is 0 Å². The molecule has 1 saturated heterocycles. The summed E-state index contributed by atoms with van der Waals surface area (Å²) in [6, 6.07) is 14.0. The van der Waals surface area contributed by atoms with Gasteiger partial charge in [-0.25, -0.2) is 0 Å². The van der Waals surface area contributed by atoms with Gasteiger partial charge in [0, 0.05) is 17.2 Å². The summed E-state index contributed by atoms with van der Waals surface area (Å²) >= 11 is 3.16. The minimum Gasteiger partial charge on any atom is -0.377 e. The quantitative estimate of drug-likeness (QED) is 0.551. The number of thiophene rings is 1. The number of rotatable bonds is 8. The van der Waals surface area contributed by atoms with Gasteiger partial charge in [-0.1, -0.05) is 42.1 Å². The topological polar surface area (TPSA) is 69.0 Å². The number of aromatic nitrogens is 3. The van der Waals surface area contributed by atoms with E-state index in [9.17, 15) is 4.79 Å². The van der Waals surface area contributed by atoms with Gasteiger partial charge in [-0.3, -0.25) is 4.79 Å². The van der Waals surface area contributed by atoms with Gasteiger partial charge in [0.25, 0.3) is 5.91 Å². The summed E-state index contributed by atoms with van der Waals surface area (Å²) in [7, 11) is 0. The number of amides is 1. The van der Waals surface area contributed by atoms with Crippen molar-refractivity contribution in [1.29, 1.82) is 0 Å². The highest BCUT2D eigenvalue weighted by atomic mass is 32.2. The van der Waals surface area contributed by atoms with E-state index < -0.39 is 0 Å². The van der Waals surface area contributed by atoms with Crippen LogP contribution in [0.25, 0.3) is 0 Å². The second-order valence-corrected chi connectivity index (χ2v) is 9.28. The van der Waals surface area contributed by atoms with Crippen LogP contribution in [-0.2, 0) is 17.8 Å². The van der Waals surface area contributed by atoms with Gasteiger partial charge in [0.1, 0.15) is 0 Å². The molecule has 0 unspecified atom stereocenters. The van der Waals surface area contributed by atoms with Crippen LogP contribution in [-0.4, -0.2) is 39.1 Å². The van der Waals surface area contributed by atoms with E-state index in [-0.39, 0.29) is 12.0 Å². The van der Waals surface area contributed by atoms with E-state index in [1.165, 1.54) is 16.9 Å². The average molecular weight is 429 g/mol. The Balaban J connectivity index is 1.48. The van der Waals surface area contributed by atoms with Crippen LogP contribution < -0.4 is 5.32 Å². The molecule has 1 aliphatic rings. The van der Waals surface area contributed by atoms with Crippen molar-refractivity contribution in [3.8, 4) is 0 Å².